The van der Waals surface area contributed by atoms with Gasteiger partial charge in [-0.3, -0.25) is 0 Å². The highest BCUT2D eigenvalue weighted by atomic mass is 28.3. The van der Waals surface area contributed by atoms with Gasteiger partial charge >= 0.3 is 0 Å². The first-order valence-corrected chi connectivity index (χ1v) is 12.0. The molecule has 5 rings (SSSR count). The summed E-state index contributed by atoms with van der Waals surface area (Å²) < 4.78 is 11.6. The van der Waals surface area contributed by atoms with E-state index >= 15 is 0 Å². The van der Waals surface area contributed by atoms with Gasteiger partial charge in [-0.05, 0) is 38.7 Å². The van der Waals surface area contributed by atoms with Crippen molar-refractivity contribution >= 4 is 24.0 Å². The number of hydrogen-bond donors (Lipinski definition) is 0. The van der Waals surface area contributed by atoms with Crippen LogP contribution in [0.3, 0.4) is 0 Å². The molecular formula is C23H20O2Si. The van der Waals surface area contributed by atoms with Crippen molar-refractivity contribution in [3.8, 4) is 11.5 Å². The van der Waals surface area contributed by atoms with E-state index in [0.29, 0.717) is 6.79 Å². The van der Waals surface area contributed by atoms with Gasteiger partial charge in [0, 0.05) is 0 Å². The Labute approximate surface area is 154 Å². The Kier molecular flexibility index (Phi) is 3.34. The molecule has 2 aliphatic rings. The van der Waals surface area contributed by atoms with Gasteiger partial charge in [0.15, 0.2) is 11.5 Å². The van der Waals surface area contributed by atoms with Crippen LogP contribution in [0, 0.1) is 0 Å². The van der Waals surface area contributed by atoms with Gasteiger partial charge in [-0.2, -0.15) is 0 Å². The van der Waals surface area contributed by atoms with Gasteiger partial charge in [-0.25, -0.2) is 0 Å². The lowest BCUT2D eigenvalue weighted by Crippen LogP contribution is -2.41. The topological polar surface area (TPSA) is 18.5 Å². The molecule has 3 heteroatoms. The van der Waals surface area contributed by atoms with E-state index in [1.165, 1.54) is 32.6 Å². The van der Waals surface area contributed by atoms with Gasteiger partial charge < -0.3 is 9.47 Å². The molecule has 0 saturated carbocycles. The number of ether oxygens (including phenoxy) is 2. The average Bonchev–Trinajstić information content (AvgIpc) is 3.23. The minimum atomic E-state index is -1.96. The number of fused-ring (bicyclic) bond motifs is 3. The quantitative estimate of drug-likeness (QED) is 0.612. The lowest BCUT2D eigenvalue weighted by atomic mass is 9.95. The molecule has 3 aromatic carbocycles. The highest BCUT2D eigenvalue weighted by molar-refractivity contribution is 7.08. The molecule has 26 heavy (non-hydrogen) atoms. The molecule has 0 N–H and O–H groups in total. The van der Waals surface area contributed by atoms with Crippen molar-refractivity contribution in [2.45, 2.75) is 13.1 Å². The molecule has 0 radical (unpaired) electrons. The van der Waals surface area contributed by atoms with Gasteiger partial charge in [0.1, 0.15) is 8.07 Å². The molecular weight excluding hydrogens is 336 g/mol. The number of benzene rings is 3. The number of hydrogen-bond acceptors (Lipinski definition) is 2. The van der Waals surface area contributed by atoms with Crippen molar-refractivity contribution in [3.63, 3.8) is 0 Å². The van der Waals surface area contributed by atoms with Crippen LogP contribution in [-0.4, -0.2) is 14.9 Å². The first-order chi connectivity index (χ1) is 12.7. The van der Waals surface area contributed by atoms with E-state index in [0.717, 1.165) is 11.5 Å². The molecule has 3 aromatic rings. The zero-order valence-corrected chi connectivity index (χ0v) is 16.0. The SMILES string of the molecule is C[Si]1(C)C(c2ccccc2)=C(c2ccccc2)c2ccc3c(c21)OCO3. The second-order valence-electron chi connectivity index (χ2n) is 7.33. The monoisotopic (exact) mass is 356 g/mol. The zero-order chi connectivity index (χ0) is 17.7. The summed E-state index contributed by atoms with van der Waals surface area (Å²) in [6.45, 7) is 5.16. The summed E-state index contributed by atoms with van der Waals surface area (Å²) in [5.41, 5.74) is 5.23. The third kappa shape index (κ3) is 2.10. The fraction of sp³-hybridized carbons (Fsp3) is 0.130. The van der Waals surface area contributed by atoms with Gasteiger partial charge in [-0.1, -0.05) is 79.8 Å². The van der Waals surface area contributed by atoms with Gasteiger partial charge in [0.2, 0.25) is 6.79 Å². The van der Waals surface area contributed by atoms with Crippen molar-refractivity contribution in [2.75, 3.05) is 6.79 Å². The van der Waals surface area contributed by atoms with Gasteiger partial charge in [0.05, 0.1) is 0 Å². The third-order valence-corrected chi connectivity index (χ3v) is 8.97. The van der Waals surface area contributed by atoms with Crippen LogP contribution in [0.15, 0.2) is 72.8 Å². The fourth-order valence-corrected chi connectivity index (χ4v) is 8.08. The predicted molar refractivity (Wildman–Crippen MR) is 108 cm³/mol. The van der Waals surface area contributed by atoms with E-state index in [4.69, 9.17) is 9.47 Å². The maximum atomic E-state index is 5.93. The second kappa shape index (κ2) is 5.61. The average molecular weight is 356 g/mol. The summed E-state index contributed by atoms with van der Waals surface area (Å²) in [5.74, 6) is 1.84. The molecule has 0 aliphatic carbocycles. The maximum absolute atomic E-state index is 5.93. The molecule has 2 aliphatic heterocycles. The molecule has 0 aromatic heterocycles. The molecule has 0 saturated heterocycles. The second-order valence-corrected chi connectivity index (χ2v) is 11.6. The van der Waals surface area contributed by atoms with Crippen molar-refractivity contribution in [3.05, 3.63) is 89.5 Å². The predicted octanol–water partition coefficient (Wildman–Crippen LogP) is 4.84. The Morgan fingerprint density at radius 3 is 2.08 bits per heavy atom. The Morgan fingerprint density at radius 2 is 1.38 bits per heavy atom. The van der Waals surface area contributed by atoms with Crippen LogP contribution in [0.4, 0.5) is 0 Å². The largest absolute Gasteiger partial charge is 0.454 e. The highest BCUT2D eigenvalue weighted by Gasteiger charge is 2.44. The molecule has 2 nitrogen and oxygen atoms in total. The molecule has 0 fully saturated rings. The molecule has 2 heterocycles. The standard InChI is InChI=1S/C23H20O2Si/c1-26(2)22(17-11-7-4-8-12-17)20(16-9-5-3-6-10-16)18-13-14-19-21(23(18)26)25-15-24-19/h3-14H,15H2,1-2H3. The minimum absolute atomic E-state index is 0.317. The summed E-state index contributed by atoms with van der Waals surface area (Å²) in [7, 11) is -1.96. The third-order valence-electron chi connectivity index (χ3n) is 5.43. The zero-order valence-electron chi connectivity index (χ0n) is 15.0. The molecule has 0 amide bonds. The number of rotatable bonds is 2. The van der Waals surface area contributed by atoms with E-state index in [1.807, 2.05) is 0 Å². The fourth-order valence-electron chi connectivity index (χ4n) is 4.39. The van der Waals surface area contributed by atoms with Crippen molar-refractivity contribution in [2.24, 2.45) is 0 Å². The van der Waals surface area contributed by atoms with Crippen LogP contribution in [0.2, 0.25) is 13.1 Å². The van der Waals surface area contributed by atoms with Crippen LogP contribution in [0.1, 0.15) is 16.7 Å². The summed E-state index contributed by atoms with van der Waals surface area (Å²) in [5, 5.41) is 2.84. The summed E-state index contributed by atoms with van der Waals surface area (Å²) >= 11 is 0. The summed E-state index contributed by atoms with van der Waals surface area (Å²) in [6.07, 6.45) is 0. The van der Waals surface area contributed by atoms with E-state index in [-0.39, 0.29) is 0 Å². The van der Waals surface area contributed by atoms with Gasteiger partial charge in [-0.15, -0.1) is 0 Å². The van der Waals surface area contributed by atoms with Crippen molar-refractivity contribution in [1.29, 1.82) is 0 Å². The lowest BCUT2D eigenvalue weighted by molar-refractivity contribution is 0.174. The Bertz CT molecular complexity index is 1020. The molecule has 0 atom stereocenters. The summed E-state index contributed by atoms with van der Waals surface area (Å²) in [6, 6.07) is 25.8. The highest BCUT2D eigenvalue weighted by Crippen LogP contribution is 2.47. The van der Waals surface area contributed by atoms with Crippen LogP contribution in [-0.2, 0) is 0 Å². The normalized spacial score (nSPS) is 16.7. The molecule has 0 spiro atoms. The van der Waals surface area contributed by atoms with Crippen LogP contribution >= 0.6 is 0 Å². The Morgan fingerprint density at radius 1 is 0.731 bits per heavy atom. The van der Waals surface area contributed by atoms with Crippen molar-refractivity contribution in [1.82, 2.24) is 0 Å². The van der Waals surface area contributed by atoms with E-state index < -0.39 is 8.07 Å². The molecule has 0 bridgehead atoms. The Balaban J connectivity index is 1.87. The summed E-state index contributed by atoms with van der Waals surface area (Å²) in [4.78, 5) is 0. The maximum Gasteiger partial charge on any atom is 0.231 e. The lowest BCUT2D eigenvalue weighted by Gasteiger charge is -2.24. The van der Waals surface area contributed by atoms with Crippen LogP contribution in [0.5, 0.6) is 11.5 Å². The van der Waals surface area contributed by atoms with Crippen molar-refractivity contribution < 1.29 is 9.47 Å². The van der Waals surface area contributed by atoms with Crippen LogP contribution in [0.25, 0.3) is 10.8 Å². The first-order valence-electron chi connectivity index (χ1n) is 8.97. The van der Waals surface area contributed by atoms with E-state index in [9.17, 15) is 0 Å². The Hall–Kier alpha value is -2.78. The minimum Gasteiger partial charge on any atom is -0.454 e. The first kappa shape index (κ1) is 15.5. The van der Waals surface area contributed by atoms with Gasteiger partial charge in [0.25, 0.3) is 0 Å². The smallest absolute Gasteiger partial charge is 0.231 e. The molecule has 0 unspecified atom stereocenters. The molecule has 128 valence electrons. The van der Waals surface area contributed by atoms with E-state index in [1.54, 1.807) is 0 Å². The van der Waals surface area contributed by atoms with E-state index in [2.05, 4.69) is 85.9 Å². The van der Waals surface area contributed by atoms with Crippen LogP contribution < -0.4 is 14.7 Å².